The zero-order chi connectivity index (χ0) is 12.8. The molecule has 0 aromatic heterocycles. The molecule has 2 fully saturated rings. The number of carbonyl (C=O) groups excluding carboxylic acids is 1. The monoisotopic (exact) mass is 253 g/mol. The molecule has 0 saturated carbocycles. The molecule has 0 bridgehead atoms. The molecule has 104 valence electrons. The molecule has 18 heavy (non-hydrogen) atoms. The SMILES string of the molecule is CCC1CCCCN1CCNC(=O)[C@@H]1CCCN1. The molecule has 2 heterocycles. The van der Waals surface area contributed by atoms with Crippen molar-refractivity contribution < 1.29 is 4.79 Å². The molecule has 2 aliphatic rings. The third-order valence-corrected chi connectivity index (χ3v) is 4.30. The number of piperidine rings is 1. The smallest absolute Gasteiger partial charge is 0.237 e. The third-order valence-electron chi connectivity index (χ3n) is 4.30. The Balaban J connectivity index is 1.65. The molecule has 0 aromatic rings. The van der Waals surface area contributed by atoms with E-state index in [1.54, 1.807) is 0 Å². The summed E-state index contributed by atoms with van der Waals surface area (Å²) in [6.07, 6.45) is 7.37. The van der Waals surface area contributed by atoms with Crippen LogP contribution in [0.15, 0.2) is 0 Å². The largest absolute Gasteiger partial charge is 0.353 e. The molecule has 4 nitrogen and oxygen atoms in total. The zero-order valence-corrected chi connectivity index (χ0v) is 11.6. The minimum atomic E-state index is 0.0633. The van der Waals surface area contributed by atoms with Crippen molar-refractivity contribution in [1.82, 2.24) is 15.5 Å². The second-order valence-electron chi connectivity index (χ2n) is 5.53. The van der Waals surface area contributed by atoms with Gasteiger partial charge >= 0.3 is 0 Å². The van der Waals surface area contributed by atoms with Crippen molar-refractivity contribution in [3.63, 3.8) is 0 Å². The van der Waals surface area contributed by atoms with E-state index in [1.165, 1.54) is 32.2 Å². The van der Waals surface area contributed by atoms with Gasteiger partial charge in [-0.3, -0.25) is 9.69 Å². The highest BCUT2D eigenvalue weighted by molar-refractivity contribution is 5.81. The molecular formula is C14H27N3O. The Bertz CT molecular complexity index is 264. The highest BCUT2D eigenvalue weighted by Gasteiger charge is 2.23. The molecule has 2 aliphatic heterocycles. The van der Waals surface area contributed by atoms with Crippen LogP contribution in [0.5, 0.6) is 0 Å². The lowest BCUT2D eigenvalue weighted by Crippen LogP contribution is -2.46. The Hall–Kier alpha value is -0.610. The van der Waals surface area contributed by atoms with Crippen LogP contribution in [0.4, 0.5) is 0 Å². The average Bonchev–Trinajstić information content (AvgIpc) is 2.93. The summed E-state index contributed by atoms with van der Waals surface area (Å²) >= 11 is 0. The second-order valence-corrected chi connectivity index (χ2v) is 5.53. The summed E-state index contributed by atoms with van der Waals surface area (Å²) in [5, 5.41) is 6.31. The van der Waals surface area contributed by atoms with E-state index < -0.39 is 0 Å². The van der Waals surface area contributed by atoms with Gasteiger partial charge in [0.25, 0.3) is 0 Å². The number of amides is 1. The molecule has 2 rings (SSSR count). The van der Waals surface area contributed by atoms with Crippen molar-refractivity contribution in [3.05, 3.63) is 0 Å². The Morgan fingerprint density at radius 1 is 1.33 bits per heavy atom. The molecule has 4 heteroatoms. The van der Waals surface area contributed by atoms with Gasteiger partial charge in [0, 0.05) is 19.1 Å². The van der Waals surface area contributed by atoms with Gasteiger partial charge < -0.3 is 10.6 Å². The summed E-state index contributed by atoms with van der Waals surface area (Å²) in [6.45, 7) is 6.27. The highest BCUT2D eigenvalue weighted by atomic mass is 16.2. The van der Waals surface area contributed by atoms with Crippen LogP contribution in [0.1, 0.15) is 45.4 Å². The molecule has 0 aromatic carbocycles. The standard InChI is InChI=1S/C14H27N3O/c1-2-12-6-3-4-10-17(12)11-9-16-14(18)13-7-5-8-15-13/h12-13,15H,2-11H2,1H3,(H,16,18)/t12?,13-/m0/s1. The minimum Gasteiger partial charge on any atom is -0.353 e. The molecule has 1 amide bonds. The van der Waals surface area contributed by atoms with Crippen LogP contribution < -0.4 is 10.6 Å². The molecule has 2 atom stereocenters. The molecular weight excluding hydrogens is 226 g/mol. The highest BCUT2D eigenvalue weighted by Crippen LogP contribution is 2.18. The maximum absolute atomic E-state index is 11.8. The van der Waals surface area contributed by atoms with Crippen LogP contribution in [0.25, 0.3) is 0 Å². The Labute approximate surface area is 110 Å². The number of likely N-dealkylation sites (tertiary alicyclic amines) is 1. The summed E-state index contributed by atoms with van der Waals surface area (Å²) in [6, 6.07) is 0.800. The molecule has 0 spiro atoms. The molecule has 2 N–H and O–H groups in total. The van der Waals surface area contributed by atoms with Crippen LogP contribution in [-0.4, -0.2) is 49.1 Å². The fourth-order valence-electron chi connectivity index (χ4n) is 3.17. The zero-order valence-electron chi connectivity index (χ0n) is 11.6. The Morgan fingerprint density at radius 2 is 2.22 bits per heavy atom. The summed E-state index contributed by atoms with van der Waals surface area (Å²) in [5.41, 5.74) is 0. The van der Waals surface area contributed by atoms with E-state index in [4.69, 9.17) is 0 Å². The van der Waals surface area contributed by atoms with Gasteiger partial charge in [0.05, 0.1) is 6.04 Å². The lowest BCUT2D eigenvalue weighted by molar-refractivity contribution is -0.122. The first-order valence-electron chi connectivity index (χ1n) is 7.56. The lowest BCUT2D eigenvalue weighted by Gasteiger charge is -2.35. The van der Waals surface area contributed by atoms with E-state index >= 15 is 0 Å². The first-order valence-corrected chi connectivity index (χ1v) is 7.56. The van der Waals surface area contributed by atoms with Crippen LogP contribution >= 0.6 is 0 Å². The first-order chi connectivity index (χ1) is 8.81. The van der Waals surface area contributed by atoms with E-state index in [0.29, 0.717) is 0 Å². The Kier molecular flexibility index (Phi) is 5.45. The van der Waals surface area contributed by atoms with Crippen molar-refractivity contribution in [1.29, 1.82) is 0 Å². The number of hydrogen-bond donors (Lipinski definition) is 2. The van der Waals surface area contributed by atoms with Gasteiger partial charge in [-0.2, -0.15) is 0 Å². The fourth-order valence-corrected chi connectivity index (χ4v) is 3.17. The van der Waals surface area contributed by atoms with Gasteiger partial charge in [0.15, 0.2) is 0 Å². The number of rotatable bonds is 5. The first kappa shape index (κ1) is 13.8. The summed E-state index contributed by atoms with van der Waals surface area (Å²) < 4.78 is 0. The lowest BCUT2D eigenvalue weighted by atomic mass is 10.0. The van der Waals surface area contributed by atoms with Gasteiger partial charge in [0.2, 0.25) is 5.91 Å². The topological polar surface area (TPSA) is 44.4 Å². The van der Waals surface area contributed by atoms with Gasteiger partial charge in [-0.15, -0.1) is 0 Å². The second kappa shape index (κ2) is 7.10. The van der Waals surface area contributed by atoms with Gasteiger partial charge in [0.1, 0.15) is 0 Å². The van der Waals surface area contributed by atoms with Crippen molar-refractivity contribution in [2.75, 3.05) is 26.2 Å². The average molecular weight is 253 g/mol. The van der Waals surface area contributed by atoms with Crippen LogP contribution in [0.2, 0.25) is 0 Å². The van der Waals surface area contributed by atoms with Gasteiger partial charge in [-0.05, 0) is 45.2 Å². The predicted molar refractivity (Wildman–Crippen MR) is 73.5 cm³/mol. The molecule has 2 saturated heterocycles. The van der Waals surface area contributed by atoms with Crippen molar-refractivity contribution in [2.45, 2.75) is 57.5 Å². The van der Waals surface area contributed by atoms with E-state index in [-0.39, 0.29) is 11.9 Å². The van der Waals surface area contributed by atoms with Crippen LogP contribution in [0, 0.1) is 0 Å². The number of nitrogens with one attached hydrogen (secondary N) is 2. The maximum atomic E-state index is 11.8. The van der Waals surface area contributed by atoms with E-state index in [1.807, 2.05) is 0 Å². The molecule has 0 aliphatic carbocycles. The number of carbonyl (C=O) groups is 1. The van der Waals surface area contributed by atoms with E-state index in [2.05, 4.69) is 22.5 Å². The number of nitrogens with zero attached hydrogens (tertiary/aromatic N) is 1. The predicted octanol–water partition coefficient (Wildman–Crippen LogP) is 1.12. The van der Waals surface area contributed by atoms with Gasteiger partial charge in [-0.1, -0.05) is 13.3 Å². The number of hydrogen-bond acceptors (Lipinski definition) is 3. The maximum Gasteiger partial charge on any atom is 0.237 e. The van der Waals surface area contributed by atoms with Crippen LogP contribution in [0.3, 0.4) is 0 Å². The minimum absolute atomic E-state index is 0.0633. The van der Waals surface area contributed by atoms with Crippen molar-refractivity contribution in [3.8, 4) is 0 Å². The van der Waals surface area contributed by atoms with Gasteiger partial charge in [-0.25, -0.2) is 0 Å². The van der Waals surface area contributed by atoms with Crippen molar-refractivity contribution >= 4 is 5.91 Å². The summed E-state index contributed by atoms with van der Waals surface area (Å²) in [5.74, 6) is 0.192. The normalized spacial score (nSPS) is 29.4. The fraction of sp³-hybridized carbons (Fsp3) is 0.929. The summed E-state index contributed by atoms with van der Waals surface area (Å²) in [4.78, 5) is 14.4. The quantitative estimate of drug-likeness (QED) is 0.772. The molecule has 1 unspecified atom stereocenters. The third kappa shape index (κ3) is 3.69. The molecule has 0 radical (unpaired) electrons. The van der Waals surface area contributed by atoms with E-state index in [9.17, 15) is 4.79 Å². The van der Waals surface area contributed by atoms with Crippen molar-refractivity contribution in [2.24, 2.45) is 0 Å². The van der Waals surface area contributed by atoms with Crippen LogP contribution in [-0.2, 0) is 4.79 Å². The Morgan fingerprint density at radius 3 is 2.94 bits per heavy atom. The summed E-state index contributed by atoms with van der Waals surface area (Å²) in [7, 11) is 0. The van der Waals surface area contributed by atoms with E-state index in [0.717, 1.165) is 38.5 Å².